The summed E-state index contributed by atoms with van der Waals surface area (Å²) in [6.07, 6.45) is 1.69. The summed E-state index contributed by atoms with van der Waals surface area (Å²) in [4.78, 5) is 11.0. The van der Waals surface area contributed by atoms with E-state index in [9.17, 15) is 0 Å². The van der Waals surface area contributed by atoms with Crippen molar-refractivity contribution in [1.82, 2.24) is 20.4 Å². The van der Waals surface area contributed by atoms with Gasteiger partial charge in [0.15, 0.2) is 0 Å². The highest BCUT2D eigenvalue weighted by molar-refractivity contribution is 5.74. The summed E-state index contributed by atoms with van der Waals surface area (Å²) < 4.78 is 5.09. The van der Waals surface area contributed by atoms with Crippen molar-refractivity contribution in [2.24, 2.45) is 0 Å². The minimum atomic E-state index is 0.649. The van der Waals surface area contributed by atoms with Crippen molar-refractivity contribution in [3.8, 4) is 0 Å². The summed E-state index contributed by atoms with van der Waals surface area (Å²) in [6.45, 7) is 5.72. The van der Waals surface area contributed by atoms with Gasteiger partial charge in [-0.3, -0.25) is 0 Å². The molecule has 0 radical (unpaired) electrons. The number of hydrogen-bond acceptors (Lipinski definition) is 6. The van der Waals surface area contributed by atoms with Crippen LogP contribution in [-0.4, -0.2) is 41.3 Å². The summed E-state index contributed by atoms with van der Waals surface area (Å²) >= 11 is 0. The first-order valence-electron chi connectivity index (χ1n) is 5.39. The molecule has 6 nitrogen and oxygen atoms in total. The SMILES string of the molecule is Cc1noc2cnc(N3CCNCC3)nc12. The fourth-order valence-corrected chi connectivity index (χ4v) is 1.87. The maximum absolute atomic E-state index is 5.09. The lowest BCUT2D eigenvalue weighted by Gasteiger charge is -2.27. The molecule has 0 unspecified atom stereocenters. The smallest absolute Gasteiger partial charge is 0.226 e. The van der Waals surface area contributed by atoms with E-state index in [1.54, 1.807) is 6.20 Å². The van der Waals surface area contributed by atoms with Crippen LogP contribution in [0.1, 0.15) is 5.69 Å². The van der Waals surface area contributed by atoms with Gasteiger partial charge in [-0.2, -0.15) is 0 Å². The second-order valence-corrected chi connectivity index (χ2v) is 3.89. The predicted octanol–water partition coefficient (Wildman–Crippen LogP) is 0.336. The topological polar surface area (TPSA) is 67.1 Å². The standard InChI is InChI=1S/C10H13N5O/c1-7-9-8(16-14-7)6-12-10(13-9)15-4-2-11-3-5-15/h6,11H,2-5H2,1H3. The third-order valence-corrected chi connectivity index (χ3v) is 2.77. The van der Waals surface area contributed by atoms with Gasteiger partial charge in [-0.25, -0.2) is 9.97 Å². The van der Waals surface area contributed by atoms with E-state index >= 15 is 0 Å². The number of nitrogens with zero attached hydrogens (tertiary/aromatic N) is 4. The molecule has 0 saturated carbocycles. The lowest BCUT2D eigenvalue weighted by Crippen LogP contribution is -2.44. The van der Waals surface area contributed by atoms with E-state index in [-0.39, 0.29) is 0 Å². The Balaban J connectivity index is 1.99. The van der Waals surface area contributed by atoms with Gasteiger partial charge in [-0.05, 0) is 6.92 Å². The second-order valence-electron chi connectivity index (χ2n) is 3.89. The van der Waals surface area contributed by atoms with Gasteiger partial charge < -0.3 is 14.7 Å². The zero-order valence-electron chi connectivity index (χ0n) is 9.10. The van der Waals surface area contributed by atoms with Gasteiger partial charge in [0.2, 0.25) is 11.5 Å². The molecular weight excluding hydrogens is 206 g/mol. The first-order chi connectivity index (χ1) is 7.84. The molecule has 1 aliphatic heterocycles. The van der Waals surface area contributed by atoms with Crippen molar-refractivity contribution in [3.63, 3.8) is 0 Å². The Bertz CT molecular complexity index is 503. The molecule has 1 fully saturated rings. The highest BCUT2D eigenvalue weighted by atomic mass is 16.5. The fourth-order valence-electron chi connectivity index (χ4n) is 1.87. The lowest BCUT2D eigenvalue weighted by atomic mass is 10.3. The average Bonchev–Trinajstić information content (AvgIpc) is 2.72. The zero-order valence-corrected chi connectivity index (χ0v) is 9.10. The molecule has 3 rings (SSSR count). The maximum atomic E-state index is 5.09. The molecule has 1 N–H and O–H groups in total. The Kier molecular flexibility index (Phi) is 2.21. The Morgan fingerprint density at radius 2 is 2.19 bits per heavy atom. The number of aromatic nitrogens is 3. The largest absolute Gasteiger partial charge is 0.353 e. The number of hydrogen-bond donors (Lipinski definition) is 1. The van der Waals surface area contributed by atoms with E-state index in [1.807, 2.05) is 6.92 Å². The highest BCUT2D eigenvalue weighted by Gasteiger charge is 2.15. The Morgan fingerprint density at radius 3 is 3.00 bits per heavy atom. The number of rotatable bonds is 1. The second kappa shape index (κ2) is 3.71. The summed E-state index contributed by atoms with van der Waals surface area (Å²) in [6, 6.07) is 0. The molecule has 0 amide bonds. The quantitative estimate of drug-likeness (QED) is 0.745. The molecule has 6 heteroatoms. The molecule has 0 spiro atoms. The van der Waals surface area contributed by atoms with Crippen molar-refractivity contribution in [2.75, 3.05) is 31.1 Å². The van der Waals surface area contributed by atoms with Crippen molar-refractivity contribution in [1.29, 1.82) is 0 Å². The maximum Gasteiger partial charge on any atom is 0.226 e. The highest BCUT2D eigenvalue weighted by Crippen LogP contribution is 2.17. The molecule has 0 aliphatic carbocycles. The van der Waals surface area contributed by atoms with Crippen LogP contribution in [0.25, 0.3) is 11.1 Å². The third kappa shape index (κ3) is 1.51. The van der Waals surface area contributed by atoms with Crippen LogP contribution in [0.2, 0.25) is 0 Å². The summed E-state index contributed by atoms with van der Waals surface area (Å²) in [7, 11) is 0. The average molecular weight is 219 g/mol. The molecule has 3 heterocycles. The van der Waals surface area contributed by atoms with Gasteiger partial charge in [-0.15, -0.1) is 0 Å². The molecule has 0 aromatic carbocycles. The molecule has 2 aromatic rings. The molecule has 0 atom stereocenters. The number of fused-ring (bicyclic) bond motifs is 1. The molecule has 2 aromatic heterocycles. The Labute approximate surface area is 92.6 Å². The van der Waals surface area contributed by atoms with Gasteiger partial charge in [0.05, 0.1) is 6.20 Å². The van der Waals surface area contributed by atoms with Gasteiger partial charge in [-0.1, -0.05) is 5.16 Å². The van der Waals surface area contributed by atoms with E-state index in [1.165, 1.54) is 0 Å². The number of piperazine rings is 1. The normalized spacial score (nSPS) is 16.9. The van der Waals surface area contributed by atoms with Gasteiger partial charge in [0.25, 0.3) is 0 Å². The van der Waals surface area contributed by atoms with Crippen molar-refractivity contribution < 1.29 is 4.52 Å². The summed E-state index contributed by atoms with van der Waals surface area (Å²) in [5, 5.41) is 7.17. The molecule has 84 valence electrons. The van der Waals surface area contributed by atoms with E-state index < -0.39 is 0 Å². The number of aryl methyl sites for hydroxylation is 1. The zero-order chi connectivity index (χ0) is 11.0. The molecule has 0 bridgehead atoms. The van der Waals surface area contributed by atoms with Crippen LogP contribution < -0.4 is 10.2 Å². The summed E-state index contributed by atoms with van der Waals surface area (Å²) in [5.41, 5.74) is 2.27. The van der Waals surface area contributed by atoms with Crippen LogP contribution in [0.15, 0.2) is 10.7 Å². The van der Waals surface area contributed by atoms with Crippen LogP contribution in [0.5, 0.6) is 0 Å². The van der Waals surface area contributed by atoms with Gasteiger partial charge >= 0.3 is 0 Å². The first kappa shape index (κ1) is 9.53. The van der Waals surface area contributed by atoms with E-state index in [0.717, 1.165) is 43.3 Å². The first-order valence-corrected chi connectivity index (χ1v) is 5.39. The molecule has 1 saturated heterocycles. The monoisotopic (exact) mass is 219 g/mol. The van der Waals surface area contributed by atoms with Crippen LogP contribution >= 0.6 is 0 Å². The van der Waals surface area contributed by atoms with E-state index in [4.69, 9.17) is 4.52 Å². The molecule has 16 heavy (non-hydrogen) atoms. The minimum absolute atomic E-state index is 0.649. The van der Waals surface area contributed by atoms with Gasteiger partial charge in [0.1, 0.15) is 11.2 Å². The summed E-state index contributed by atoms with van der Waals surface area (Å²) in [5.74, 6) is 0.764. The van der Waals surface area contributed by atoms with E-state index in [2.05, 4.69) is 25.3 Å². The number of anilines is 1. The van der Waals surface area contributed by atoms with E-state index in [0.29, 0.717) is 5.58 Å². The van der Waals surface area contributed by atoms with Crippen LogP contribution in [-0.2, 0) is 0 Å². The van der Waals surface area contributed by atoms with Crippen LogP contribution in [0.3, 0.4) is 0 Å². The predicted molar refractivity (Wildman–Crippen MR) is 59.4 cm³/mol. The minimum Gasteiger partial charge on any atom is -0.353 e. The van der Waals surface area contributed by atoms with Gasteiger partial charge in [0, 0.05) is 26.2 Å². The van der Waals surface area contributed by atoms with Crippen molar-refractivity contribution in [3.05, 3.63) is 11.9 Å². The van der Waals surface area contributed by atoms with Crippen molar-refractivity contribution >= 4 is 17.0 Å². The molecular formula is C10H13N5O. The van der Waals surface area contributed by atoms with Crippen LogP contribution in [0, 0.1) is 6.92 Å². The number of nitrogens with one attached hydrogen (secondary N) is 1. The van der Waals surface area contributed by atoms with Crippen molar-refractivity contribution in [2.45, 2.75) is 6.92 Å². The fraction of sp³-hybridized carbons (Fsp3) is 0.500. The molecule has 1 aliphatic rings. The Hall–Kier alpha value is -1.69. The third-order valence-electron chi connectivity index (χ3n) is 2.77. The van der Waals surface area contributed by atoms with Crippen LogP contribution in [0.4, 0.5) is 5.95 Å². The lowest BCUT2D eigenvalue weighted by molar-refractivity contribution is 0.449. The Morgan fingerprint density at radius 1 is 1.38 bits per heavy atom.